The largest absolute Gasteiger partial charge is 0.463 e. The summed E-state index contributed by atoms with van der Waals surface area (Å²) in [6.45, 7) is 1.13. The molecule has 5 rings (SSSR count). The molecule has 4 heterocycles. The third-order valence-corrected chi connectivity index (χ3v) is 5.08. The van der Waals surface area contributed by atoms with E-state index in [-0.39, 0.29) is 11.3 Å². The molecule has 0 saturated carbocycles. The van der Waals surface area contributed by atoms with E-state index in [0.29, 0.717) is 38.9 Å². The predicted molar refractivity (Wildman–Crippen MR) is 120 cm³/mol. The smallest absolute Gasteiger partial charge is 0.339 e. The molecule has 170 valence electrons. The number of nitrogens with zero attached hydrogens (tertiary/aromatic N) is 5. The lowest BCUT2D eigenvalue weighted by Crippen LogP contribution is -2.22. The molecular formula is C22H15ClN6O5. The van der Waals surface area contributed by atoms with Crippen LogP contribution in [0.2, 0.25) is 5.02 Å². The molecule has 0 atom stereocenters. The van der Waals surface area contributed by atoms with E-state index in [1.807, 2.05) is 0 Å². The van der Waals surface area contributed by atoms with Crippen LogP contribution in [-0.4, -0.2) is 43.4 Å². The van der Waals surface area contributed by atoms with Gasteiger partial charge in [0.1, 0.15) is 18.3 Å². The molecule has 0 fully saturated rings. The van der Waals surface area contributed by atoms with Crippen LogP contribution >= 0.6 is 11.6 Å². The van der Waals surface area contributed by atoms with Crippen LogP contribution in [0, 0.1) is 6.92 Å². The van der Waals surface area contributed by atoms with Crippen molar-refractivity contribution in [2.45, 2.75) is 6.92 Å². The standard InChI is InChI=1S/C22H15ClN6O5/c1-12-20-14(8-16(18-3-2-6-32-18)27-21(20)34-28-12)22(31)33-9-19(30)26-15-7-13(23)4-5-17(15)29-11-24-10-25-29/h2-8,10-11H,9H2,1H3,(H,26,30). The van der Waals surface area contributed by atoms with E-state index in [2.05, 4.69) is 25.5 Å². The summed E-state index contributed by atoms with van der Waals surface area (Å²) in [5.74, 6) is -0.885. The quantitative estimate of drug-likeness (QED) is 0.361. The average molecular weight is 479 g/mol. The topological polar surface area (TPSA) is 138 Å². The van der Waals surface area contributed by atoms with E-state index < -0.39 is 18.5 Å². The molecule has 0 unspecified atom stereocenters. The highest BCUT2D eigenvalue weighted by atomic mass is 35.5. The van der Waals surface area contributed by atoms with Gasteiger partial charge in [-0.05, 0) is 43.3 Å². The third kappa shape index (κ3) is 4.11. The molecule has 1 amide bonds. The predicted octanol–water partition coefficient (Wildman–Crippen LogP) is 3.82. The van der Waals surface area contributed by atoms with E-state index in [1.165, 1.54) is 29.7 Å². The van der Waals surface area contributed by atoms with Crippen LogP contribution in [0.15, 0.2) is 64.3 Å². The Morgan fingerprint density at radius 3 is 2.88 bits per heavy atom. The Balaban J connectivity index is 1.36. The van der Waals surface area contributed by atoms with Gasteiger partial charge in [-0.3, -0.25) is 4.79 Å². The van der Waals surface area contributed by atoms with Crippen LogP contribution in [0.3, 0.4) is 0 Å². The number of anilines is 1. The van der Waals surface area contributed by atoms with E-state index in [0.717, 1.165) is 0 Å². The van der Waals surface area contributed by atoms with Gasteiger partial charge >= 0.3 is 5.97 Å². The van der Waals surface area contributed by atoms with Gasteiger partial charge in [-0.15, -0.1) is 0 Å². The van der Waals surface area contributed by atoms with Crippen molar-refractivity contribution in [3.63, 3.8) is 0 Å². The Kier molecular flexibility index (Phi) is 5.52. The van der Waals surface area contributed by atoms with E-state index in [9.17, 15) is 9.59 Å². The minimum atomic E-state index is -0.746. The molecule has 4 aromatic heterocycles. The number of carbonyl (C=O) groups is 2. The SMILES string of the molecule is Cc1noc2nc(-c3ccco3)cc(C(=O)OCC(=O)Nc3cc(Cl)ccc3-n3cncn3)c12. The summed E-state index contributed by atoms with van der Waals surface area (Å²) in [5, 5.41) is 11.4. The second kappa shape index (κ2) is 8.79. The number of ether oxygens (including phenoxy) is 1. The van der Waals surface area contributed by atoms with Gasteiger partial charge in [0.2, 0.25) is 0 Å². The van der Waals surface area contributed by atoms with Gasteiger partial charge in [0.15, 0.2) is 12.4 Å². The molecule has 0 radical (unpaired) electrons. The number of aryl methyl sites for hydroxylation is 1. The summed E-state index contributed by atoms with van der Waals surface area (Å²) >= 11 is 6.08. The first-order valence-corrected chi connectivity index (χ1v) is 10.3. The summed E-state index contributed by atoms with van der Waals surface area (Å²) < 4.78 is 17.3. The molecule has 0 aliphatic carbocycles. The number of pyridine rings is 1. The highest BCUT2D eigenvalue weighted by Gasteiger charge is 2.22. The zero-order valence-electron chi connectivity index (χ0n) is 17.6. The zero-order valence-corrected chi connectivity index (χ0v) is 18.3. The molecule has 0 spiro atoms. The third-order valence-electron chi connectivity index (χ3n) is 4.84. The van der Waals surface area contributed by atoms with Gasteiger partial charge in [-0.2, -0.15) is 5.10 Å². The molecule has 34 heavy (non-hydrogen) atoms. The number of halogens is 1. The molecule has 0 aliphatic heterocycles. The fourth-order valence-corrected chi connectivity index (χ4v) is 3.51. The van der Waals surface area contributed by atoms with Crippen molar-refractivity contribution in [1.82, 2.24) is 24.9 Å². The maximum absolute atomic E-state index is 12.9. The van der Waals surface area contributed by atoms with Crippen LogP contribution in [0.25, 0.3) is 28.2 Å². The maximum atomic E-state index is 12.9. The highest BCUT2D eigenvalue weighted by Crippen LogP contribution is 2.28. The maximum Gasteiger partial charge on any atom is 0.339 e. The Morgan fingerprint density at radius 1 is 1.24 bits per heavy atom. The van der Waals surface area contributed by atoms with Crippen LogP contribution < -0.4 is 5.32 Å². The number of fused-ring (bicyclic) bond motifs is 1. The summed E-state index contributed by atoms with van der Waals surface area (Å²) in [7, 11) is 0. The molecular weight excluding hydrogens is 464 g/mol. The number of furan rings is 1. The van der Waals surface area contributed by atoms with Gasteiger partial charge in [0, 0.05) is 5.02 Å². The molecule has 1 aromatic carbocycles. The average Bonchev–Trinajstić information content (AvgIpc) is 3.60. The molecule has 0 bridgehead atoms. The van der Waals surface area contributed by atoms with Crippen molar-refractivity contribution in [2.75, 3.05) is 11.9 Å². The number of esters is 1. The number of hydrogen-bond acceptors (Lipinski definition) is 9. The van der Waals surface area contributed by atoms with E-state index in [1.54, 1.807) is 37.3 Å². The fourth-order valence-electron chi connectivity index (χ4n) is 3.34. The van der Waals surface area contributed by atoms with Gasteiger partial charge < -0.3 is 19.0 Å². The molecule has 0 saturated heterocycles. The normalized spacial score (nSPS) is 11.0. The fraction of sp³-hybridized carbons (Fsp3) is 0.0909. The van der Waals surface area contributed by atoms with E-state index >= 15 is 0 Å². The molecule has 5 aromatic rings. The second-order valence-corrected chi connectivity index (χ2v) is 7.54. The lowest BCUT2D eigenvalue weighted by molar-refractivity contribution is -0.119. The Labute approximate surface area is 196 Å². The minimum Gasteiger partial charge on any atom is -0.463 e. The molecule has 0 aliphatic rings. The Morgan fingerprint density at radius 2 is 2.12 bits per heavy atom. The summed E-state index contributed by atoms with van der Waals surface area (Å²) in [6.07, 6.45) is 4.32. The number of carbonyl (C=O) groups excluding carboxylic acids is 2. The van der Waals surface area contributed by atoms with Crippen molar-refractivity contribution in [3.05, 3.63) is 71.6 Å². The lowest BCUT2D eigenvalue weighted by Gasteiger charge is -2.12. The minimum absolute atomic E-state index is 0.147. The Hall–Kier alpha value is -4.51. The first kappa shape index (κ1) is 21.3. The van der Waals surface area contributed by atoms with Crippen molar-refractivity contribution in [2.24, 2.45) is 0 Å². The summed E-state index contributed by atoms with van der Waals surface area (Å²) in [4.78, 5) is 33.7. The van der Waals surface area contributed by atoms with Crippen LogP contribution in [0.4, 0.5) is 5.69 Å². The Bertz CT molecular complexity index is 1490. The summed E-state index contributed by atoms with van der Waals surface area (Å²) in [6, 6.07) is 9.78. The summed E-state index contributed by atoms with van der Waals surface area (Å²) in [5.41, 5.74) is 2.04. The molecule has 11 nitrogen and oxygen atoms in total. The van der Waals surface area contributed by atoms with Gasteiger partial charge in [-0.1, -0.05) is 16.8 Å². The van der Waals surface area contributed by atoms with Crippen molar-refractivity contribution in [1.29, 1.82) is 0 Å². The highest BCUT2D eigenvalue weighted by molar-refractivity contribution is 6.31. The lowest BCUT2D eigenvalue weighted by atomic mass is 10.1. The zero-order chi connectivity index (χ0) is 23.7. The molecule has 1 N–H and O–H groups in total. The van der Waals surface area contributed by atoms with Crippen LogP contribution in [0.1, 0.15) is 16.1 Å². The first-order valence-electron chi connectivity index (χ1n) is 9.92. The molecule has 12 heteroatoms. The number of rotatable bonds is 6. The van der Waals surface area contributed by atoms with Gasteiger partial charge in [0.05, 0.1) is 34.3 Å². The number of aromatic nitrogens is 5. The van der Waals surface area contributed by atoms with E-state index in [4.69, 9.17) is 25.3 Å². The van der Waals surface area contributed by atoms with Crippen LogP contribution in [0.5, 0.6) is 0 Å². The number of amides is 1. The van der Waals surface area contributed by atoms with Crippen molar-refractivity contribution >= 4 is 40.3 Å². The number of nitrogens with one attached hydrogen (secondary N) is 1. The number of benzene rings is 1. The number of hydrogen-bond donors (Lipinski definition) is 1. The van der Waals surface area contributed by atoms with Crippen molar-refractivity contribution in [3.8, 4) is 17.1 Å². The first-order chi connectivity index (χ1) is 16.5. The van der Waals surface area contributed by atoms with Gasteiger partial charge in [0.25, 0.3) is 11.6 Å². The van der Waals surface area contributed by atoms with Crippen LogP contribution in [-0.2, 0) is 9.53 Å². The van der Waals surface area contributed by atoms with Gasteiger partial charge in [-0.25, -0.2) is 19.4 Å². The monoisotopic (exact) mass is 478 g/mol. The second-order valence-electron chi connectivity index (χ2n) is 7.11. The van der Waals surface area contributed by atoms with Crippen molar-refractivity contribution < 1.29 is 23.3 Å².